The number of rotatable bonds is 18. The highest BCUT2D eigenvalue weighted by atomic mass is 16.6. The summed E-state index contributed by atoms with van der Waals surface area (Å²) in [6, 6.07) is 8.05. The molecule has 1 aromatic rings. The lowest BCUT2D eigenvalue weighted by atomic mass is 9.72. The van der Waals surface area contributed by atoms with Crippen LogP contribution in [0.4, 0.5) is 4.79 Å². The standard InChI is InChI=1S/C31H49N5O7.C10H20.C3H7NO.2C2H6/c1-8-21(2)18-24(28(40)29(41)32-19-26(38)34-22(3)23-14-10-9-11-15-23)35-25(37)16-12-13-17-36(7)27(39)20-33-30(42)43-31(4,5)6;1-10(2,3)9-7-5-4-6-8-9;1-4(2)3-5;2*1-2/h9-11,14-15,21-22,24H,8,12-13,16-20H2,1-7H3,(H,32,41)(H,33,42)(H,34,38)(H,35,37);9H,4-8H2,1-3H3;3H,1-2H3;2*1-2H3. The number of nitrogens with zero attached hydrogens (tertiary/aromatic N) is 2. The van der Waals surface area contributed by atoms with E-state index < -0.39 is 35.3 Å². The Morgan fingerprint density at radius 3 is 1.81 bits per heavy atom. The van der Waals surface area contributed by atoms with Gasteiger partial charge in [0, 0.05) is 34.1 Å². The summed E-state index contributed by atoms with van der Waals surface area (Å²) in [5.74, 6) is -1.79. The fourth-order valence-corrected chi connectivity index (χ4v) is 5.92. The van der Waals surface area contributed by atoms with Crippen LogP contribution in [0, 0.1) is 17.3 Å². The molecular weight excluding hydrogens is 789 g/mol. The van der Waals surface area contributed by atoms with E-state index in [9.17, 15) is 33.6 Å². The molecule has 1 saturated carbocycles. The zero-order chi connectivity index (χ0) is 48.5. The van der Waals surface area contributed by atoms with Crippen molar-refractivity contribution in [1.82, 2.24) is 31.1 Å². The molecule has 14 nitrogen and oxygen atoms in total. The topological polar surface area (TPSA) is 183 Å². The maximum atomic E-state index is 12.9. The highest BCUT2D eigenvalue weighted by molar-refractivity contribution is 6.38. The fraction of sp³-hybridized carbons (Fsp3) is 0.729. The summed E-state index contributed by atoms with van der Waals surface area (Å²) in [4.78, 5) is 86.8. The summed E-state index contributed by atoms with van der Waals surface area (Å²) in [7, 11) is 4.97. The average molecular weight is 877 g/mol. The number of Topliss-reactive ketones (excluding diaryl/α,β-unsaturated/α-hetero) is 1. The maximum absolute atomic E-state index is 12.9. The first-order valence-electron chi connectivity index (χ1n) is 22.8. The Hall–Kier alpha value is -4.49. The fourth-order valence-electron chi connectivity index (χ4n) is 5.92. The summed E-state index contributed by atoms with van der Waals surface area (Å²) in [6.07, 6.45) is 9.55. The molecule has 1 aliphatic carbocycles. The molecule has 4 N–H and O–H groups in total. The van der Waals surface area contributed by atoms with Gasteiger partial charge in [-0.25, -0.2) is 4.79 Å². The summed E-state index contributed by atoms with van der Waals surface area (Å²) in [5.41, 5.74) is 0.808. The first kappa shape index (κ1) is 61.8. The Bertz CT molecular complexity index is 1400. The molecule has 14 heteroatoms. The molecule has 1 fully saturated rings. The van der Waals surface area contributed by atoms with Gasteiger partial charge in [0.05, 0.1) is 18.6 Å². The SMILES string of the molecule is CC.CC.CC(C)(C)C1CCCCC1.CCC(C)CC(NC(=O)CCCCN(C)C(=O)CNC(=O)OC(C)(C)C)C(=O)C(=O)NCC(=O)NC(C)c1ccccc1.CN(C)C=O. The quantitative estimate of drug-likeness (QED) is 0.0650. The lowest BCUT2D eigenvalue weighted by Crippen LogP contribution is -2.49. The Morgan fingerprint density at radius 1 is 0.790 bits per heavy atom. The van der Waals surface area contributed by atoms with Gasteiger partial charge in [-0.3, -0.25) is 28.8 Å². The minimum Gasteiger partial charge on any atom is -0.444 e. The van der Waals surface area contributed by atoms with Gasteiger partial charge in [0.1, 0.15) is 12.1 Å². The van der Waals surface area contributed by atoms with Gasteiger partial charge >= 0.3 is 6.09 Å². The molecule has 0 bridgehead atoms. The number of amides is 6. The van der Waals surface area contributed by atoms with Crippen LogP contribution >= 0.6 is 0 Å². The third-order valence-corrected chi connectivity index (χ3v) is 9.69. The van der Waals surface area contributed by atoms with Crippen LogP contribution in [0.15, 0.2) is 30.3 Å². The van der Waals surface area contributed by atoms with E-state index >= 15 is 0 Å². The van der Waals surface area contributed by atoms with Crippen LogP contribution in [-0.2, 0) is 33.5 Å². The Balaban J connectivity index is -0.00000151. The van der Waals surface area contributed by atoms with Crippen molar-refractivity contribution in [2.75, 3.05) is 40.8 Å². The van der Waals surface area contributed by atoms with Crippen molar-refractivity contribution in [1.29, 1.82) is 0 Å². The number of unbranched alkanes of at least 4 members (excludes halogenated alkanes) is 1. The molecule has 3 unspecified atom stereocenters. The van der Waals surface area contributed by atoms with Crippen LogP contribution in [0.25, 0.3) is 0 Å². The molecule has 0 aromatic heterocycles. The van der Waals surface area contributed by atoms with E-state index in [-0.39, 0.29) is 49.7 Å². The smallest absolute Gasteiger partial charge is 0.408 e. The number of nitrogens with one attached hydrogen (secondary N) is 4. The highest BCUT2D eigenvalue weighted by Crippen LogP contribution is 2.37. The van der Waals surface area contributed by atoms with E-state index in [1.807, 2.05) is 78.8 Å². The van der Waals surface area contributed by atoms with Crippen LogP contribution in [0.5, 0.6) is 0 Å². The number of carbonyl (C=O) groups excluding carboxylic acids is 7. The molecule has 0 saturated heterocycles. The van der Waals surface area contributed by atoms with Crippen LogP contribution in [0.1, 0.15) is 166 Å². The minimum atomic E-state index is -1.02. The average Bonchev–Trinajstić information content (AvgIpc) is 3.24. The number of carbonyl (C=O) groups is 7. The molecular formula is C48H88N6O8. The van der Waals surface area contributed by atoms with Gasteiger partial charge < -0.3 is 35.8 Å². The highest BCUT2D eigenvalue weighted by Gasteiger charge is 2.29. The minimum absolute atomic E-state index is 0.0750. The summed E-state index contributed by atoms with van der Waals surface area (Å²) >= 11 is 0. The normalized spacial score (nSPS) is 13.5. The van der Waals surface area contributed by atoms with E-state index in [2.05, 4.69) is 42.0 Å². The third-order valence-electron chi connectivity index (χ3n) is 9.69. The Kier molecular flexibility index (Phi) is 34.9. The predicted molar refractivity (Wildman–Crippen MR) is 251 cm³/mol. The van der Waals surface area contributed by atoms with Gasteiger partial charge in [-0.05, 0) is 82.6 Å². The molecule has 358 valence electrons. The van der Waals surface area contributed by atoms with Gasteiger partial charge in [-0.1, -0.05) is 118 Å². The van der Waals surface area contributed by atoms with Crippen LogP contribution in [0.2, 0.25) is 0 Å². The lowest BCUT2D eigenvalue weighted by molar-refractivity contribution is -0.141. The van der Waals surface area contributed by atoms with E-state index in [0.717, 1.165) is 24.3 Å². The maximum Gasteiger partial charge on any atom is 0.408 e. The number of ketones is 1. The van der Waals surface area contributed by atoms with Gasteiger partial charge in [-0.2, -0.15) is 0 Å². The van der Waals surface area contributed by atoms with E-state index in [0.29, 0.717) is 24.8 Å². The molecule has 2 rings (SSSR count). The first-order chi connectivity index (χ1) is 29.0. The van der Waals surface area contributed by atoms with Gasteiger partial charge in [0.2, 0.25) is 29.9 Å². The van der Waals surface area contributed by atoms with Crippen molar-refractivity contribution in [3.05, 3.63) is 35.9 Å². The van der Waals surface area contributed by atoms with Crippen LogP contribution in [0.3, 0.4) is 0 Å². The number of likely N-dealkylation sites (N-methyl/N-ethyl adjacent to an activating group) is 1. The predicted octanol–water partition coefficient (Wildman–Crippen LogP) is 7.99. The van der Waals surface area contributed by atoms with Crippen LogP contribution in [-0.4, -0.2) is 104 Å². The van der Waals surface area contributed by atoms with Crippen molar-refractivity contribution < 1.29 is 38.3 Å². The van der Waals surface area contributed by atoms with Gasteiger partial charge in [0.15, 0.2) is 0 Å². The van der Waals surface area contributed by atoms with Crippen LogP contribution < -0.4 is 21.3 Å². The molecule has 0 spiro atoms. The summed E-state index contributed by atoms with van der Waals surface area (Å²) < 4.78 is 5.11. The van der Waals surface area contributed by atoms with Gasteiger partial charge in [0.25, 0.3) is 5.91 Å². The second-order valence-corrected chi connectivity index (χ2v) is 17.5. The molecule has 0 radical (unpaired) electrons. The Morgan fingerprint density at radius 2 is 1.34 bits per heavy atom. The second-order valence-electron chi connectivity index (χ2n) is 17.5. The molecule has 62 heavy (non-hydrogen) atoms. The Labute approximate surface area is 376 Å². The molecule has 6 amide bonds. The zero-order valence-electron chi connectivity index (χ0n) is 41.6. The first-order valence-corrected chi connectivity index (χ1v) is 22.8. The molecule has 1 aromatic carbocycles. The van der Waals surface area contributed by atoms with Crippen molar-refractivity contribution in [3.8, 4) is 0 Å². The van der Waals surface area contributed by atoms with Crippen molar-refractivity contribution in [2.45, 2.75) is 172 Å². The second kappa shape index (κ2) is 35.0. The number of benzene rings is 1. The number of hydrogen-bond donors (Lipinski definition) is 4. The summed E-state index contributed by atoms with van der Waals surface area (Å²) in [6.45, 7) is 25.8. The molecule has 3 atom stereocenters. The molecule has 1 aliphatic rings. The summed E-state index contributed by atoms with van der Waals surface area (Å²) in [5, 5.41) is 10.2. The zero-order valence-corrected chi connectivity index (χ0v) is 41.6. The largest absolute Gasteiger partial charge is 0.444 e. The van der Waals surface area contributed by atoms with E-state index in [1.165, 1.54) is 41.9 Å². The van der Waals surface area contributed by atoms with Crippen molar-refractivity contribution in [2.24, 2.45) is 17.3 Å². The number of ether oxygens (including phenoxy) is 1. The van der Waals surface area contributed by atoms with Crippen molar-refractivity contribution in [3.63, 3.8) is 0 Å². The van der Waals surface area contributed by atoms with E-state index in [4.69, 9.17) is 4.74 Å². The number of alkyl carbamates (subject to hydrolysis) is 1. The van der Waals surface area contributed by atoms with Gasteiger partial charge in [-0.15, -0.1) is 0 Å². The number of hydrogen-bond acceptors (Lipinski definition) is 8. The molecule has 0 aliphatic heterocycles. The third kappa shape index (κ3) is 32.3. The monoisotopic (exact) mass is 877 g/mol. The van der Waals surface area contributed by atoms with E-state index in [1.54, 1.807) is 41.9 Å². The lowest BCUT2D eigenvalue weighted by Gasteiger charge is -2.33. The molecule has 0 heterocycles. The van der Waals surface area contributed by atoms with Crippen molar-refractivity contribution >= 4 is 41.9 Å².